The number of benzene rings is 1. The molecule has 0 saturated heterocycles. The van der Waals surface area contributed by atoms with Gasteiger partial charge in [-0.25, -0.2) is 0 Å². The van der Waals surface area contributed by atoms with Gasteiger partial charge in [0.05, 0.1) is 23.6 Å². The van der Waals surface area contributed by atoms with E-state index in [-0.39, 0.29) is 12.2 Å². The van der Waals surface area contributed by atoms with Crippen LogP contribution in [0.1, 0.15) is 11.1 Å². The summed E-state index contributed by atoms with van der Waals surface area (Å²) in [4.78, 5) is 11.0. The van der Waals surface area contributed by atoms with E-state index in [0.717, 1.165) is 0 Å². The lowest BCUT2D eigenvalue weighted by Crippen LogP contribution is -2.04. The first-order chi connectivity index (χ1) is 7.10. The van der Waals surface area contributed by atoms with Gasteiger partial charge < -0.3 is 9.84 Å². The summed E-state index contributed by atoms with van der Waals surface area (Å²) < 4.78 is 4.77. The summed E-state index contributed by atoms with van der Waals surface area (Å²) in [5, 5.41) is 18.3. The minimum Gasteiger partial charge on any atom is -0.506 e. The highest BCUT2D eigenvalue weighted by atomic mass is 79.9. The molecule has 0 unspecified atom stereocenters. The molecule has 78 valence electrons. The highest BCUT2D eigenvalue weighted by molar-refractivity contribution is 9.10. The van der Waals surface area contributed by atoms with E-state index in [9.17, 15) is 9.90 Å². The molecule has 15 heavy (non-hydrogen) atoms. The number of methoxy groups -OCH3 is 1. The van der Waals surface area contributed by atoms with Gasteiger partial charge in [0.25, 0.3) is 0 Å². The van der Waals surface area contributed by atoms with Crippen LogP contribution in [0, 0.1) is 11.3 Å². The summed E-state index contributed by atoms with van der Waals surface area (Å²) in [6.07, 6.45) is -0.0212. The van der Waals surface area contributed by atoms with E-state index in [1.165, 1.54) is 19.2 Å². The van der Waals surface area contributed by atoms with Crippen LogP contribution >= 0.6 is 15.9 Å². The summed E-state index contributed by atoms with van der Waals surface area (Å²) in [5.41, 5.74) is 0.744. The van der Waals surface area contributed by atoms with Gasteiger partial charge in [-0.1, -0.05) is 6.07 Å². The van der Waals surface area contributed by atoms with Crippen LogP contribution in [0.2, 0.25) is 0 Å². The van der Waals surface area contributed by atoms with E-state index in [0.29, 0.717) is 15.6 Å². The molecule has 1 aromatic carbocycles. The molecule has 0 aliphatic carbocycles. The normalized spacial score (nSPS) is 9.40. The van der Waals surface area contributed by atoms with Crippen LogP contribution in [-0.4, -0.2) is 18.2 Å². The second kappa shape index (κ2) is 4.80. The maximum Gasteiger partial charge on any atom is 0.310 e. The molecule has 4 nitrogen and oxygen atoms in total. The Balaban J connectivity index is 3.08. The molecule has 1 aromatic rings. The molecule has 5 heteroatoms. The van der Waals surface area contributed by atoms with Gasteiger partial charge in [-0.3, -0.25) is 4.79 Å². The number of rotatable bonds is 2. The van der Waals surface area contributed by atoms with Crippen molar-refractivity contribution in [2.75, 3.05) is 7.11 Å². The van der Waals surface area contributed by atoms with Gasteiger partial charge in [-0.15, -0.1) is 0 Å². The van der Waals surface area contributed by atoms with Gasteiger partial charge in [0.1, 0.15) is 11.8 Å². The van der Waals surface area contributed by atoms with E-state index in [1.807, 2.05) is 6.07 Å². The third kappa shape index (κ3) is 2.48. The Labute approximate surface area is 95.2 Å². The smallest absolute Gasteiger partial charge is 0.310 e. The zero-order valence-corrected chi connectivity index (χ0v) is 9.54. The van der Waals surface area contributed by atoms with Crippen LogP contribution in [0.4, 0.5) is 0 Å². The van der Waals surface area contributed by atoms with Crippen molar-refractivity contribution in [2.45, 2.75) is 6.42 Å². The van der Waals surface area contributed by atoms with Crippen molar-refractivity contribution < 1.29 is 14.6 Å². The number of nitriles is 1. The van der Waals surface area contributed by atoms with Crippen LogP contribution in [-0.2, 0) is 16.0 Å². The van der Waals surface area contributed by atoms with Crippen LogP contribution in [0.5, 0.6) is 5.75 Å². The molecule has 0 atom stereocenters. The standard InChI is InChI=1S/C10H8BrNO3/c1-15-8(13)4-6-2-3-7(5-12)9(11)10(6)14/h2-3,14H,4H2,1H3. The number of nitrogens with zero attached hydrogens (tertiary/aromatic N) is 1. The maximum atomic E-state index is 11.0. The van der Waals surface area contributed by atoms with Gasteiger partial charge >= 0.3 is 5.97 Å². The predicted octanol–water partition coefficient (Wildman–Crippen LogP) is 1.74. The minimum absolute atomic E-state index is 0.0212. The minimum atomic E-state index is -0.443. The number of phenolic OH excluding ortho intramolecular Hbond substituents is 1. The molecule has 0 heterocycles. The van der Waals surface area contributed by atoms with Gasteiger partial charge in [0, 0.05) is 5.56 Å². The molecule has 0 fully saturated rings. The fourth-order valence-electron chi connectivity index (χ4n) is 1.06. The van der Waals surface area contributed by atoms with Gasteiger partial charge in [-0.05, 0) is 22.0 Å². The zero-order chi connectivity index (χ0) is 11.4. The number of halogens is 1. The molecular weight excluding hydrogens is 262 g/mol. The largest absolute Gasteiger partial charge is 0.506 e. The highest BCUT2D eigenvalue weighted by Crippen LogP contribution is 2.31. The van der Waals surface area contributed by atoms with Crippen molar-refractivity contribution in [3.05, 3.63) is 27.7 Å². The number of aromatic hydroxyl groups is 1. The molecule has 0 saturated carbocycles. The zero-order valence-electron chi connectivity index (χ0n) is 7.95. The molecule has 0 amide bonds. The molecular formula is C10H8BrNO3. The third-order valence-corrected chi connectivity index (χ3v) is 2.69. The van der Waals surface area contributed by atoms with Crippen molar-refractivity contribution in [3.63, 3.8) is 0 Å². The lowest BCUT2D eigenvalue weighted by molar-refractivity contribution is -0.139. The van der Waals surface area contributed by atoms with Gasteiger partial charge in [-0.2, -0.15) is 5.26 Å². The van der Waals surface area contributed by atoms with E-state index in [4.69, 9.17) is 5.26 Å². The second-order valence-corrected chi connectivity index (χ2v) is 3.59. The van der Waals surface area contributed by atoms with Crippen molar-refractivity contribution in [1.82, 2.24) is 0 Å². The number of hydrogen-bond acceptors (Lipinski definition) is 4. The summed E-state index contributed by atoms with van der Waals surface area (Å²) >= 11 is 3.08. The number of carbonyl (C=O) groups is 1. The number of phenols is 1. The Kier molecular flexibility index (Phi) is 3.69. The van der Waals surface area contributed by atoms with Gasteiger partial charge in [0.15, 0.2) is 0 Å². The number of ether oxygens (including phenoxy) is 1. The predicted molar refractivity (Wildman–Crippen MR) is 56.2 cm³/mol. The lowest BCUT2D eigenvalue weighted by atomic mass is 10.1. The van der Waals surface area contributed by atoms with Gasteiger partial charge in [0.2, 0.25) is 0 Å². The second-order valence-electron chi connectivity index (χ2n) is 2.80. The molecule has 1 N–H and O–H groups in total. The summed E-state index contributed by atoms with van der Waals surface area (Å²) in [5.74, 6) is -0.540. The van der Waals surface area contributed by atoms with E-state index < -0.39 is 5.97 Å². The molecule has 0 aliphatic heterocycles. The van der Waals surface area contributed by atoms with E-state index >= 15 is 0 Å². The Morgan fingerprint density at radius 2 is 2.33 bits per heavy atom. The average Bonchev–Trinajstić information content (AvgIpc) is 2.25. The Hall–Kier alpha value is -1.54. The van der Waals surface area contributed by atoms with Crippen molar-refractivity contribution in [1.29, 1.82) is 5.26 Å². The monoisotopic (exact) mass is 269 g/mol. The molecule has 1 rings (SSSR count). The molecule has 0 bridgehead atoms. The Morgan fingerprint density at radius 1 is 1.67 bits per heavy atom. The summed E-state index contributed by atoms with van der Waals surface area (Å²) in [6.45, 7) is 0. The SMILES string of the molecule is COC(=O)Cc1ccc(C#N)c(Br)c1O. The lowest BCUT2D eigenvalue weighted by Gasteiger charge is -2.06. The number of carbonyl (C=O) groups excluding carboxylic acids is 1. The van der Waals surface area contributed by atoms with E-state index in [2.05, 4.69) is 20.7 Å². The first-order valence-corrected chi connectivity index (χ1v) is 4.86. The summed E-state index contributed by atoms with van der Waals surface area (Å²) in [7, 11) is 1.28. The third-order valence-electron chi connectivity index (χ3n) is 1.88. The summed E-state index contributed by atoms with van der Waals surface area (Å²) in [6, 6.07) is 4.96. The van der Waals surface area contributed by atoms with Crippen molar-refractivity contribution >= 4 is 21.9 Å². The number of esters is 1. The molecule has 0 aromatic heterocycles. The van der Waals surface area contributed by atoms with Crippen molar-refractivity contribution in [2.24, 2.45) is 0 Å². The Morgan fingerprint density at radius 3 is 2.87 bits per heavy atom. The highest BCUT2D eigenvalue weighted by Gasteiger charge is 2.13. The molecule has 0 spiro atoms. The van der Waals surface area contributed by atoms with Crippen LogP contribution in [0.15, 0.2) is 16.6 Å². The molecule has 0 radical (unpaired) electrons. The topological polar surface area (TPSA) is 70.3 Å². The van der Waals surface area contributed by atoms with Crippen LogP contribution in [0.3, 0.4) is 0 Å². The van der Waals surface area contributed by atoms with Crippen LogP contribution < -0.4 is 0 Å². The first kappa shape index (κ1) is 11.5. The Bertz CT molecular complexity index is 437. The maximum absolute atomic E-state index is 11.0. The molecule has 0 aliphatic rings. The quantitative estimate of drug-likeness (QED) is 0.831. The fourth-order valence-corrected chi connectivity index (χ4v) is 1.54. The first-order valence-electron chi connectivity index (χ1n) is 4.07. The fraction of sp³-hybridized carbons (Fsp3) is 0.200. The van der Waals surface area contributed by atoms with E-state index in [1.54, 1.807) is 0 Å². The van der Waals surface area contributed by atoms with Crippen molar-refractivity contribution in [3.8, 4) is 11.8 Å². The van der Waals surface area contributed by atoms with Crippen LogP contribution in [0.25, 0.3) is 0 Å². The average molecular weight is 270 g/mol. The number of hydrogen-bond donors (Lipinski definition) is 1.